The van der Waals surface area contributed by atoms with E-state index in [2.05, 4.69) is 10.2 Å². The lowest BCUT2D eigenvalue weighted by atomic mass is 9.48. The van der Waals surface area contributed by atoms with E-state index in [1.54, 1.807) is 6.07 Å². The summed E-state index contributed by atoms with van der Waals surface area (Å²) in [6, 6.07) is 5.11. The van der Waals surface area contributed by atoms with Gasteiger partial charge in [0, 0.05) is 30.3 Å². The monoisotopic (exact) mass is 454 g/mol. The second-order valence-electron chi connectivity index (χ2n) is 11.7. The molecule has 4 aliphatic carbocycles. The summed E-state index contributed by atoms with van der Waals surface area (Å²) in [5, 5.41) is 37.3. The number of benzene rings is 1. The number of carbonyl (C=O) groups is 1. The molecule has 1 aliphatic heterocycles. The molecule has 1 unspecified atom stereocenters. The minimum absolute atomic E-state index is 0.0227. The summed E-state index contributed by atoms with van der Waals surface area (Å²) in [5.41, 5.74) is 0.559. The molecule has 0 aromatic heterocycles. The molecule has 1 heterocycles. The average molecular weight is 455 g/mol. The molecule has 4 fully saturated rings. The zero-order chi connectivity index (χ0) is 22.8. The number of likely N-dealkylation sites (tertiary alicyclic amines) is 1. The largest absolute Gasteiger partial charge is 0.508 e. The highest BCUT2D eigenvalue weighted by Crippen LogP contribution is 2.59. The van der Waals surface area contributed by atoms with Gasteiger partial charge in [-0.15, -0.1) is 0 Å². The first kappa shape index (κ1) is 21.9. The Morgan fingerprint density at radius 1 is 1.12 bits per heavy atom. The number of carbonyl (C=O) groups excluding carboxylic acids is 1. The molecule has 1 aromatic rings. The van der Waals surface area contributed by atoms with Crippen molar-refractivity contribution in [3.8, 4) is 5.75 Å². The number of hydrogen-bond donors (Lipinski definition) is 4. The molecule has 1 amide bonds. The van der Waals surface area contributed by atoms with Crippen LogP contribution < -0.4 is 5.32 Å². The first-order valence-electron chi connectivity index (χ1n) is 13.2. The molecule has 33 heavy (non-hydrogen) atoms. The molecule has 4 N–H and O–H groups in total. The average Bonchev–Trinajstić information content (AvgIpc) is 3.62. The predicted molar refractivity (Wildman–Crippen MR) is 125 cm³/mol. The fraction of sp³-hybridized carbons (Fsp3) is 0.741. The van der Waals surface area contributed by atoms with E-state index < -0.39 is 23.2 Å². The van der Waals surface area contributed by atoms with E-state index in [9.17, 15) is 20.1 Å². The lowest BCUT2D eigenvalue weighted by molar-refractivity contribution is -0.190. The summed E-state index contributed by atoms with van der Waals surface area (Å²) < 4.78 is 0. The number of aromatic hydroxyl groups is 1. The molecule has 180 valence electrons. The molecule has 5 atom stereocenters. The van der Waals surface area contributed by atoms with E-state index in [1.807, 2.05) is 12.1 Å². The fourth-order valence-electron chi connectivity index (χ4n) is 7.74. The zero-order valence-corrected chi connectivity index (χ0v) is 19.5. The Labute approximate surface area is 196 Å². The topological polar surface area (TPSA) is 93.0 Å². The van der Waals surface area contributed by atoms with E-state index >= 15 is 0 Å². The molecule has 3 saturated carbocycles. The third-order valence-corrected chi connectivity index (χ3v) is 9.72. The summed E-state index contributed by atoms with van der Waals surface area (Å²) in [6.45, 7) is 1.93. The van der Waals surface area contributed by atoms with Gasteiger partial charge in [-0.2, -0.15) is 0 Å². The van der Waals surface area contributed by atoms with Crippen LogP contribution in [-0.2, 0) is 16.6 Å². The molecule has 5 aliphatic rings. The SMILES string of the molecule is O=C(N[C@H]1C[C@@]2(O)[C@H]3Cc4ccc(O)cc4[C@@]2(CCN3CC2CC2)CC1O)C1CCCCC1. The Hall–Kier alpha value is -1.63. The molecular weight excluding hydrogens is 416 g/mol. The number of piperidine rings is 1. The van der Waals surface area contributed by atoms with Gasteiger partial charge in [0.2, 0.25) is 5.91 Å². The second kappa shape index (κ2) is 7.96. The van der Waals surface area contributed by atoms with Gasteiger partial charge >= 0.3 is 0 Å². The van der Waals surface area contributed by atoms with Crippen LogP contribution in [0, 0.1) is 11.8 Å². The highest BCUT2D eigenvalue weighted by molar-refractivity contribution is 5.79. The molecule has 0 spiro atoms. The van der Waals surface area contributed by atoms with Gasteiger partial charge in [-0.1, -0.05) is 25.3 Å². The van der Waals surface area contributed by atoms with Gasteiger partial charge in [0.25, 0.3) is 0 Å². The normalized spacial score (nSPS) is 38.9. The smallest absolute Gasteiger partial charge is 0.223 e. The number of nitrogens with zero attached hydrogens (tertiary/aromatic N) is 1. The maximum Gasteiger partial charge on any atom is 0.223 e. The van der Waals surface area contributed by atoms with Crippen molar-refractivity contribution in [2.75, 3.05) is 13.1 Å². The Kier molecular flexibility index (Phi) is 5.28. The Bertz CT molecular complexity index is 927. The van der Waals surface area contributed by atoms with Crippen molar-refractivity contribution < 1.29 is 20.1 Å². The van der Waals surface area contributed by atoms with Gasteiger partial charge in [0.1, 0.15) is 5.75 Å². The molecule has 0 radical (unpaired) electrons. The standard InChI is InChI=1S/C27H38N2O4/c30-20-9-8-19-12-24-27(33)14-22(28-25(32)18-4-2-1-3-5-18)23(31)15-26(27,21(19)13-20)10-11-29(24)16-17-6-7-17/h8-9,13,17-18,22-24,30-31,33H,1-7,10-12,14-16H2,(H,28,32)/t22-,23?,24+,26+,27+/m0/s1. The number of phenolic OH excluding ortho intramolecular Hbond substituents is 1. The molecule has 6 rings (SSSR count). The van der Waals surface area contributed by atoms with Gasteiger partial charge in [-0.05, 0) is 80.7 Å². The number of hydrogen-bond acceptors (Lipinski definition) is 5. The summed E-state index contributed by atoms with van der Waals surface area (Å²) >= 11 is 0. The maximum atomic E-state index is 13.0. The Balaban J connectivity index is 1.33. The lowest BCUT2D eigenvalue weighted by Gasteiger charge is -2.65. The van der Waals surface area contributed by atoms with Gasteiger partial charge < -0.3 is 20.6 Å². The van der Waals surface area contributed by atoms with Crippen molar-refractivity contribution in [3.05, 3.63) is 29.3 Å². The van der Waals surface area contributed by atoms with Crippen molar-refractivity contribution in [1.82, 2.24) is 10.2 Å². The van der Waals surface area contributed by atoms with Crippen LogP contribution in [-0.4, -0.2) is 63.0 Å². The van der Waals surface area contributed by atoms with Gasteiger partial charge in [0.15, 0.2) is 0 Å². The van der Waals surface area contributed by atoms with Crippen LogP contribution in [0.25, 0.3) is 0 Å². The van der Waals surface area contributed by atoms with Crippen LogP contribution in [0.4, 0.5) is 0 Å². The number of rotatable bonds is 4. The summed E-state index contributed by atoms with van der Waals surface area (Å²) in [4.78, 5) is 15.5. The van der Waals surface area contributed by atoms with Gasteiger partial charge in [-0.3, -0.25) is 9.69 Å². The minimum Gasteiger partial charge on any atom is -0.508 e. The van der Waals surface area contributed by atoms with Crippen molar-refractivity contribution in [2.24, 2.45) is 11.8 Å². The van der Waals surface area contributed by atoms with Crippen LogP contribution in [0.5, 0.6) is 5.75 Å². The molecule has 1 saturated heterocycles. The van der Waals surface area contributed by atoms with Crippen LogP contribution in [0.2, 0.25) is 0 Å². The molecule has 2 bridgehead atoms. The van der Waals surface area contributed by atoms with E-state index in [0.717, 1.165) is 63.1 Å². The predicted octanol–water partition coefficient (Wildman–Crippen LogP) is 2.62. The lowest BCUT2D eigenvalue weighted by Crippen LogP contribution is -2.76. The summed E-state index contributed by atoms with van der Waals surface area (Å²) in [5.74, 6) is 1.03. The van der Waals surface area contributed by atoms with Crippen molar-refractivity contribution in [1.29, 1.82) is 0 Å². The van der Waals surface area contributed by atoms with Gasteiger partial charge in [0.05, 0.1) is 17.7 Å². The molecule has 6 heteroatoms. The Morgan fingerprint density at radius 2 is 1.91 bits per heavy atom. The number of phenols is 1. The highest BCUT2D eigenvalue weighted by Gasteiger charge is 2.66. The second-order valence-corrected chi connectivity index (χ2v) is 11.7. The quantitative estimate of drug-likeness (QED) is 0.561. The Morgan fingerprint density at radius 3 is 2.67 bits per heavy atom. The molecule has 1 aromatic carbocycles. The zero-order valence-electron chi connectivity index (χ0n) is 19.5. The molecular formula is C27H38N2O4. The first-order chi connectivity index (χ1) is 15.9. The summed E-state index contributed by atoms with van der Waals surface area (Å²) in [7, 11) is 0. The van der Waals surface area contributed by atoms with Crippen LogP contribution in [0.15, 0.2) is 18.2 Å². The van der Waals surface area contributed by atoms with E-state index in [4.69, 9.17) is 0 Å². The van der Waals surface area contributed by atoms with E-state index in [-0.39, 0.29) is 23.6 Å². The minimum atomic E-state index is -1.04. The number of fused-ring (bicyclic) bond motifs is 1. The number of aliphatic hydroxyl groups excluding tert-OH is 1. The van der Waals surface area contributed by atoms with Crippen LogP contribution in [0.3, 0.4) is 0 Å². The third kappa shape index (κ3) is 3.52. The number of amides is 1. The van der Waals surface area contributed by atoms with Crippen molar-refractivity contribution in [2.45, 2.75) is 99.8 Å². The summed E-state index contributed by atoms with van der Waals surface area (Å²) in [6.07, 6.45) is 9.38. The van der Waals surface area contributed by atoms with Crippen molar-refractivity contribution in [3.63, 3.8) is 0 Å². The van der Waals surface area contributed by atoms with E-state index in [1.165, 1.54) is 24.8 Å². The molecule has 6 nitrogen and oxygen atoms in total. The highest BCUT2D eigenvalue weighted by atomic mass is 16.3. The number of aliphatic hydroxyl groups is 2. The fourth-order valence-corrected chi connectivity index (χ4v) is 7.74. The third-order valence-electron chi connectivity index (χ3n) is 9.72. The van der Waals surface area contributed by atoms with E-state index in [0.29, 0.717) is 12.8 Å². The first-order valence-corrected chi connectivity index (χ1v) is 13.2. The number of nitrogens with one attached hydrogen (secondary N) is 1. The van der Waals surface area contributed by atoms with Gasteiger partial charge in [-0.25, -0.2) is 0 Å². The van der Waals surface area contributed by atoms with Crippen LogP contribution in [0.1, 0.15) is 75.3 Å². The van der Waals surface area contributed by atoms with Crippen LogP contribution >= 0.6 is 0 Å². The van der Waals surface area contributed by atoms with Crippen molar-refractivity contribution >= 4 is 5.91 Å². The maximum absolute atomic E-state index is 13.0.